The van der Waals surface area contributed by atoms with Crippen LogP contribution in [-0.2, 0) is 21.7 Å². The van der Waals surface area contributed by atoms with E-state index in [0.717, 1.165) is 68.7 Å². The highest BCUT2D eigenvalue weighted by Gasteiger charge is 2.39. The van der Waals surface area contributed by atoms with Gasteiger partial charge in [-0.1, -0.05) is 165 Å². The van der Waals surface area contributed by atoms with Gasteiger partial charge in [-0.25, -0.2) is 0 Å². The quantitative estimate of drug-likeness (QED) is 0.168. The zero-order chi connectivity index (χ0) is 49.9. The number of hydrogen-bond donors (Lipinski definition) is 1. The third-order valence-electron chi connectivity index (χ3n) is 15.9. The molecule has 1 aliphatic heterocycles. The first-order chi connectivity index (χ1) is 33.7. The summed E-state index contributed by atoms with van der Waals surface area (Å²) in [5, 5.41) is 6.30. The van der Waals surface area contributed by atoms with Crippen LogP contribution in [0.5, 0.6) is 0 Å². The van der Waals surface area contributed by atoms with Crippen molar-refractivity contribution < 1.29 is 4.42 Å². The first-order valence-corrected chi connectivity index (χ1v) is 25.8. The average Bonchev–Trinajstić information content (AvgIpc) is 3.71. The SMILES string of the molecule is Cc1cc(C)c(-c2cc(-c3cc4c(cc3Nc3ccc(C(C)(C)C)cc3)C(C)(C)CCC4(C)C)c3c(c2)N(c2ccc(C(C)(C)C)cc2-c2ccccc2)c2c(ccc4oc5ccccc5c24)[B]3)c(C)c1. The monoisotopic (exact) mass is 928 g/mol. The minimum Gasteiger partial charge on any atom is -0.456 e. The Bertz CT molecular complexity index is 3550. The molecule has 0 amide bonds. The van der Waals surface area contributed by atoms with Gasteiger partial charge in [0.05, 0.1) is 16.8 Å². The topological polar surface area (TPSA) is 28.4 Å². The maximum Gasteiger partial charge on any atom is 0.197 e. The van der Waals surface area contributed by atoms with Gasteiger partial charge in [0.25, 0.3) is 0 Å². The average molecular weight is 928 g/mol. The highest BCUT2D eigenvalue weighted by atomic mass is 16.3. The van der Waals surface area contributed by atoms with E-state index in [0.29, 0.717) is 0 Å². The molecule has 0 unspecified atom stereocenters. The van der Waals surface area contributed by atoms with E-state index < -0.39 is 0 Å². The first kappa shape index (κ1) is 46.6. The number of para-hydroxylation sites is 1. The van der Waals surface area contributed by atoms with Crippen molar-refractivity contribution >= 4 is 68.6 Å². The maximum atomic E-state index is 6.74. The highest BCUT2D eigenvalue weighted by Crippen LogP contribution is 2.52. The molecule has 0 saturated heterocycles. The van der Waals surface area contributed by atoms with E-state index in [4.69, 9.17) is 4.42 Å². The van der Waals surface area contributed by atoms with E-state index in [2.05, 4.69) is 253 Å². The molecule has 0 atom stereocenters. The minimum absolute atomic E-state index is 0.00995. The number of anilines is 5. The molecule has 1 N–H and O–H groups in total. The lowest BCUT2D eigenvalue weighted by Gasteiger charge is -2.43. The third kappa shape index (κ3) is 8.08. The number of hydrogen-bond acceptors (Lipinski definition) is 3. The molecule has 0 saturated carbocycles. The lowest BCUT2D eigenvalue weighted by Crippen LogP contribution is -2.41. The Morgan fingerprint density at radius 1 is 0.549 bits per heavy atom. The van der Waals surface area contributed by atoms with Crippen molar-refractivity contribution in [3.05, 3.63) is 185 Å². The van der Waals surface area contributed by atoms with Crippen LogP contribution in [0.2, 0.25) is 0 Å². The Balaban J connectivity index is 1.28. The second-order valence-corrected chi connectivity index (χ2v) is 24.2. The van der Waals surface area contributed by atoms with Gasteiger partial charge in [-0.3, -0.25) is 0 Å². The summed E-state index contributed by atoms with van der Waals surface area (Å²) in [4.78, 5) is 2.60. The van der Waals surface area contributed by atoms with Gasteiger partial charge >= 0.3 is 0 Å². The Hall–Kier alpha value is -6.78. The maximum absolute atomic E-state index is 6.74. The molecule has 355 valence electrons. The van der Waals surface area contributed by atoms with Crippen LogP contribution in [0.4, 0.5) is 28.4 Å². The molecule has 0 fully saturated rings. The molecule has 1 aliphatic carbocycles. The van der Waals surface area contributed by atoms with Crippen LogP contribution in [0.1, 0.15) is 121 Å². The van der Waals surface area contributed by atoms with Crippen molar-refractivity contribution in [1.82, 2.24) is 0 Å². The summed E-state index contributed by atoms with van der Waals surface area (Å²) in [6.07, 6.45) is 2.26. The summed E-state index contributed by atoms with van der Waals surface area (Å²) in [7, 11) is 2.47. The van der Waals surface area contributed by atoms with Crippen molar-refractivity contribution in [2.45, 2.75) is 125 Å². The normalized spacial score (nSPS) is 15.0. The number of fused-ring (bicyclic) bond motifs is 7. The molecule has 11 rings (SSSR count). The van der Waals surface area contributed by atoms with Gasteiger partial charge < -0.3 is 14.6 Å². The van der Waals surface area contributed by atoms with Crippen LogP contribution in [0.3, 0.4) is 0 Å². The van der Waals surface area contributed by atoms with E-state index in [1.54, 1.807) is 0 Å². The molecule has 2 aliphatic rings. The van der Waals surface area contributed by atoms with Crippen LogP contribution < -0.4 is 21.1 Å². The van der Waals surface area contributed by atoms with Gasteiger partial charge in [-0.05, 0) is 177 Å². The van der Waals surface area contributed by atoms with Crippen LogP contribution in [-0.4, -0.2) is 7.28 Å². The number of rotatable bonds is 6. The fraction of sp³-hybridized carbons (Fsp3) is 0.284. The second kappa shape index (κ2) is 16.7. The third-order valence-corrected chi connectivity index (χ3v) is 15.9. The molecular weight excluding hydrogens is 860 g/mol. The van der Waals surface area contributed by atoms with Gasteiger partial charge in [0, 0.05) is 33.6 Å². The molecule has 8 aromatic carbocycles. The van der Waals surface area contributed by atoms with Crippen LogP contribution in [0.25, 0.3) is 55.3 Å². The highest BCUT2D eigenvalue weighted by molar-refractivity contribution is 6.74. The van der Waals surface area contributed by atoms with Gasteiger partial charge in [-0.2, -0.15) is 0 Å². The van der Waals surface area contributed by atoms with Crippen LogP contribution in [0, 0.1) is 20.8 Å². The van der Waals surface area contributed by atoms with Crippen molar-refractivity contribution in [1.29, 1.82) is 0 Å². The fourth-order valence-electron chi connectivity index (χ4n) is 11.9. The van der Waals surface area contributed by atoms with E-state index in [-0.39, 0.29) is 21.7 Å². The number of furan rings is 1. The molecule has 9 aromatic rings. The Labute approximate surface area is 423 Å². The predicted molar refractivity (Wildman–Crippen MR) is 306 cm³/mol. The molecule has 3 nitrogen and oxygen atoms in total. The molecule has 1 radical (unpaired) electrons. The van der Waals surface area contributed by atoms with Crippen LogP contribution in [0.15, 0.2) is 150 Å². The molecular formula is C67H68BN2O. The molecule has 0 bridgehead atoms. The minimum atomic E-state index is -0.0618. The van der Waals surface area contributed by atoms with Gasteiger partial charge in [0.15, 0.2) is 7.28 Å². The smallest absolute Gasteiger partial charge is 0.197 e. The van der Waals surface area contributed by atoms with E-state index in [1.165, 1.54) is 77.8 Å². The Morgan fingerprint density at radius 2 is 1.18 bits per heavy atom. The molecule has 71 heavy (non-hydrogen) atoms. The second-order valence-electron chi connectivity index (χ2n) is 24.2. The Kier molecular flexibility index (Phi) is 10.9. The van der Waals surface area contributed by atoms with Crippen LogP contribution >= 0.6 is 0 Å². The van der Waals surface area contributed by atoms with E-state index in [9.17, 15) is 0 Å². The molecule has 1 aromatic heterocycles. The lowest BCUT2D eigenvalue weighted by atomic mass is 9.57. The van der Waals surface area contributed by atoms with Crippen molar-refractivity contribution in [3.63, 3.8) is 0 Å². The summed E-state index contributed by atoms with van der Waals surface area (Å²) in [5.74, 6) is 0. The van der Waals surface area contributed by atoms with E-state index >= 15 is 0 Å². The van der Waals surface area contributed by atoms with Gasteiger partial charge in [0.2, 0.25) is 0 Å². The van der Waals surface area contributed by atoms with Gasteiger partial charge in [-0.15, -0.1) is 0 Å². The summed E-state index contributed by atoms with van der Waals surface area (Å²) in [6.45, 7) is 30.4. The van der Waals surface area contributed by atoms with E-state index in [1.807, 2.05) is 0 Å². The lowest BCUT2D eigenvalue weighted by molar-refractivity contribution is 0.332. The predicted octanol–water partition coefficient (Wildman–Crippen LogP) is 17.6. The first-order valence-electron chi connectivity index (χ1n) is 25.8. The number of nitrogens with zero attached hydrogens (tertiary/aromatic N) is 1. The molecule has 4 heteroatoms. The van der Waals surface area contributed by atoms with Crippen molar-refractivity contribution in [2.75, 3.05) is 10.2 Å². The standard InChI is InChI=1S/C67H68BN2O/c1-40-33-41(2)60(42(3)34-40)44-35-51(50-38-52-53(67(12,13)32-31-66(52,10)11)39-55(50)69-47-26-23-45(24-27-47)64(4,5)6)62-57(36-44)70(56-29-25-46(65(7,8)9)37-49(56)43-19-15-14-16-20-43)63-54(68-62)28-30-59-61(63)48-21-17-18-22-58(48)71-59/h14-30,33-39,69H,31-32H2,1-13H3. The fourth-order valence-corrected chi connectivity index (χ4v) is 11.9. The number of benzene rings is 8. The summed E-state index contributed by atoms with van der Waals surface area (Å²) in [5.41, 5.74) is 26.2. The summed E-state index contributed by atoms with van der Waals surface area (Å²) in [6, 6.07) is 55.0. The number of nitrogens with one attached hydrogen (secondary N) is 1. The molecule has 0 spiro atoms. The molecule has 2 heterocycles. The van der Waals surface area contributed by atoms with Crippen molar-refractivity contribution in [2.24, 2.45) is 0 Å². The summed E-state index contributed by atoms with van der Waals surface area (Å²) >= 11 is 0. The number of aryl methyl sites for hydroxylation is 3. The summed E-state index contributed by atoms with van der Waals surface area (Å²) < 4.78 is 6.74. The largest absolute Gasteiger partial charge is 0.456 e. The zero-order valence-electron chi connectivity index (χ0n) is 44.2. The Morgan fingerprint density at radius 3 is 1.86 bits per heavy atom. The zero-order valence-corrected chi connectivity index (χ0v) is 44.2. The van der Waals surface area contributed by atoms with Gasteiger partial charge in [0.1, 0.15) is 11.2 Å². The van der Waals surface area contributed by atoms with Crippen molar-refractivity contribution in [3.8, 4) is 33.4 Å².